The van der Waals surface area contributed by atoms with E-state index in [1.807, 2.05) is 13.8 Å². The minimum absolute atomic E-state index is 0. The lowest BCUT2D eigenvalue weighted by atomic mass is 10.0. The van der Waals surface area contributed by atoms with Gasteiger partial charge in [-0.3, -0.25) is 19.4 Å². The molecule has 1 atom stereocenters. The van der Waals surface area contributed by atoms with E-state index in [4.69, 9.17) is 0 Å². The van der Waals surface area contributed by atoms with E-state index < -0.39 is 0 Å². The Morgan fingerprint density at radius 3 is 2.83 bits per heavy atom. The number of aromatic amines is 1. The molecule has 0 radical (unpaired) electrons. The van der Waals surface area contributed by atoms with Crippen LogP contribution in [0.5, 0.6) is 0 Å². The average molecular weight is 354 g/mol. The van der Waals surface area contributed by atoms with Crippen molar-refractivity contribution in [3.05, 3.63) is 27.2 Å². The number of aryl methyl sites for hydroxylation is 3. The second-order valence-electron chi connectivity index (χ2n) is 6.29. The number of fused-ring (bicyclic) bond motifs is 1. The monoisotopic (exact) mass is 353 g/mol. The number of rotatable bonds is 3. The molecule has 0 saturated carbocycles. The Labute approximate surface area is 146 Å². The largest absolute Gasteiger partial charge is 0.352 e. The van der Waals surface area contributed by atoms with Gasteiger partial charge < -0.3 is 10.6 Å². The summed E-state index contributed by atoms with van der Waals surface area (Å²) in [7, 11) is 1.76. The van der Waals surface area contributed by atoms with Crippen molar-refractivity contribution in [2.24, 2.45) is 7.05 Å². The van der Waals surface area contributed by atoms with Crippen molar-refractivity contribution < 1.29 is 4.79 Å². The highest BCUT2D eigenvalue weighted by Gasteiger charge is 2.19. The van der Waals surface area contributed by atoms with Crippen molar-refractivity contribution in [1.29, 1.82) is 0 Å². The molecule has 7 nitrogen and oxygen atoms in total. The van der Waals surface area contributed by atoms with E-state index >= 15 is 0 Å². The van der Waals surface area contributed by atoms with Crippen LogP contribution in [0.2, 0.25) is 0 Å². The molecule has 0 spiro atoms. The Balaban J connectivity index is 0.00000208. The zero-order valence-corrected chi connectivity index (χ0v) is 15.0. The molecule has 132 valence electrons. The first-order chi connectivity index (χ1) is 11.0. The van der Waals surface area contributed by atoms with E-state index in [2.05, 4.69) is 20.7 Å². The second-order valence-corrected chi connectivity index (χ2v) is 6.29. The topological polar surface area (TPSA) is 91.8 Å². The maximum atomic E-state index is 12.4. The highest BCUT2D eigenvalue weighted by atomic mass is 35.5. The van der Waals surface area contributed by atoms with Gasteiger partial charge in [-0.25, -0.2) is 4.98 Å². The van der Waals surface area contributed by atoms with Crippen LogP contribution < -0.4 is 16.2 Å². The van der Waals surface area contributed by atoms with Gasteiger partial charge in [-0.05, 0) is 44.4 Å². The molecule has 1 aliphatic rings. The highest BCUT2D eigenvalue weighted by Crippen LogP contribution is 2.20. The maximum absolute atomic E-state index is 12.4. The van der Waals surface area contributed by atoms with Gasteiger partial charge in [0.15, 0.2) is 5.65 Å². The molecule has 3 heterocycles. The smallest absolute Gasteiger partial charge is 0.273 e. The number of aromatic nitrogens is 3. The van der Waals surface area contributed by atoms with Gasteiger partial charge in [0.2, 0.25) is 5.91 Å². The first-order valence-electron chi connectivity index (χ1n) is 8.02. The number of H-pyrrole nitrogens is 1. The summed E-state index contributed by atoms with van der Waals surface area (Å²) >= 11 is 0. The SMILES string of the molecule is Cc1nc2c(c(C)c1CC(=O)NC1CCCNC1)c(=O)[nH]n2C.Cl. The number of nitrogens with zero attached hydrogens (tertiary/aromatic N) is 2. The van der Waals surface area contributed by atoms with Crippen molar-refractivity contribution in [2.75, 3.05) is 13.1 Å². The Morgan fingerprint density at radius 2 is 2.17 bits per heavy atom. The van der Waals surface area contributed by atoms with Gasteiger partial charge in [0.1, 0.15) is 0 Å². The number of halogens is 1. The molecule has 0 bridgehead atoms. The maximum Gasteiger partial charge on any atom is 0.273 e. The van der Waals surface area contributed by atoms with Crippen LogP contribution in [0.4, 0.5) is 0 Å². The van der Waals surface area contributed by atoms with E-state index in [1.165, 1.54) is 0 Å². The molecule has 24 heavy (non-hydrogen) atoms. The van der Waals surface area contributed by atoms with Gasteiger partial charge in [-0.15, -0.1) is 12.4 Å². The summed E-state index contributed by atoms with van der Waals surface area (Å²) in [5, 5.41) is 9.64. The Hall–Kier alpha value is -1.86. The molecule has 2 aromatic rings. The van der Waals surface area contributed by atoms with Crippen molar-refractivity contribution >= 4 is 29.3 Å². The first kappa shape index (κ1) is 18.5. The molecular formula is C16H24ClN5O2. The number of hydrogen-bond acceptors (Lipinski definition) is 4. The molecule has 3 N–H and O–H groups in total. The zero-order chi connectivity index (χ0) is 16.6. The van der Waals surface area contributed by atoms with Crippen molar-refractivity contribution in [3.63, 3.8) is 0 Å². The summed E-state index contributed by atoms with van der Waals surface area (Å²) in [4.78, 5) is 28.9. The third kappa shape index (κ3) is 3.47. The lowest BCUT2D eigenvalue weighted by Gasteiger charge is -2.24. The molecule has 0 aromatic carbocycles. The molecule has 1 saturated heterocycles. The third-order valence-electron chi connectivity index (χ3n) is 4.57. The standard InChI is InChI=1S/C16H23N5O2.ClH/c1-9-12(7-13(22)19-11-5-4-6-17-8-11)10(2)18-15-14(9)16(23)20-21(15)3;/h11,17H,4-8H2,1-3H3,(H,19,22)(H,20,23);1H. The number of carbonyl (C=O) groups is 1. The van der Waals surface area contributed by atoms with E-state index in [9.17, 15) is 9.59 Å². The summed E-state index contributed by atoms with van der Waals surface area (Å²) in [5.74, 6) is -0.0154. The van der Waals surface area contributed by atoms with Gasteiger partial charge in [-0.1, -0.05) is 0 Å². The molecule has 1 unspecified atom stereocenters. The van der Waals surface area contributed by atoms with Crippen LogP contribution in [0.1, 0.15) is 29.7 Å². The van der Waals surface area contributed by atoms with Crippen molar-refractivity contribution in [1.82, 2.24) is 25.4 Å². The van der Waals surface area contributed by atoms with Gasteiger partial charge in [0.25, 0.3) is 5.56 Å². The number of pyridine rings is 1. The molecule has 0 aliphatic carbocycles. The molecule has 2 aromatic heterocycles. The minimum atomic E-state index is -0.161. The average Bonchev–Trinajstić information content (AvgIpc) is 2.79. The van der Waals surface area contributed by atoms with E-state index in [-0.39, 0.29) is 36.3 Å². The highest BCUT2D eigenvalue weighted by molar-refractivity contribution is 5.85. The molecule has 1 fully saturated rings. The number of hydrogen-bond donors (Lipinski definition) is 3. The van der Waals surface area contributed by atoms with Gasteiger partial charge in [0, 0.05) is 25.3 Å². The summed E-state index contributed by atoms with van der Waals surface area (Å²) in [6.07, 6.45) is 2.34. The van der Waals surface area contributed by atoms with E-state index in [0.29, 0.717) is 11.0 Å². The Morgan fingerprint density at radius 1 is 1.42 bits per heavy atom. The fourth-order valence-corrected chi connectivity index (χ4v) is 3.32. The lowest BCUT2D eigenvalue weighted by molar-refractivity contribution is -0.121. The molecule has 8 heteroatoms. The fraction of sp³-hybridized carbons (Fsp3) is 0.562. The van der Waals surface area contributed by atoms with Gasteiger partial charge >= 0.3 is 0 Å². The summed E-state index contributed by atoms with van der Waals surface area (Å²) < 4.78 is 1.62. The van der Waals surface area contributed by atoms with Crippen LogP contribution in [-0.2, 0) is 18.3 Å². The summed E-state index contributed by atoms with van der Waals surface area (Å²) in [5.41, 5.74) is 2.94. The Kier molecular flexibility index (Phi) is 5.66. The molecular weight excluding hydrogens is 330 g/mol. The normalized spacial score (nSPS) is 17.5. The lowest BCUT2D eigenvalue weighted by Crippen LogP contribution is -2.46. The summed E-state index contributed by atoms with van der Waals surface area (Å²) in [6.45, 7) is 5.60. The van der Waals surface area contributed by atoms with Gasteiger partial charge in [-0.2, -0.15) is 0 Å². The third-order valence-corrected chi connectivity index (χ3v) is 4.57. The van der Waals surface area contributed by atoms with Crippen LogP contribution in [0.25, 0.3) is 11.0 Å². The van der Waals surface area contributed by atoms with Crippen LogP contribution in [0.15, 0.2) is 4.79 Å². The quantitative estimate of drug-likeness (QED) is 0.758. The first-order valence-corrected chi connectivity index (χ1v) is 8.02. The van der Waals surface area contributed by atoms with Crippen LogP contribution in [0, 0.1) is 13.8 Å². The number of carbonyl (C=O) groups excluding carboxylic acids is 1. The van der Waals surface area contributed by atoms with Gasteiger partial charge in [0.05, 0.1) is 11.8 Å². The number of nitrogens with one attached hydrogen (secondary N) is 3. The van der Waals surface area contributed by atoms with Crippen LogP contribution in [0.3, 0.4) is 0 Å². The molecule has 3 rings (SSSR count). The fourth-order valence-electron chi connectivity index (χ4n) is 3.32. The zero-order valence-electron chi connectivity index (χ0n) is 14.2. The van der Waals surface area contributed by atoms with E-state index in [0.717, 1.165) is 42.8 Å². The van der Waals surface area contributed by atoms with E-state index in [1.54, 1.807) is 11.7 Å². The minimum Gasteiger partial charge on any atom is -0.352 e. The van der Waals surface area contributed by atoms with Crippen molar-refractivity contribution in [2.45, 2.75) is 39.2 Å². The van der Waals surface area contributed by atoms with Crippen LogP contribution >= 0.6 is 12.4 Å². The molecule has 1 amide bonds. The Bertz CT molecular complexity index is 805. The second kappa shape index (κ2) is 7.36. The molecule has 1 aliphatic heterocycles. The summed E-state index contributed by atoms with van der Waals surface area (Å²) in [6, 6.07) is 0.189. The van der Waals surface area contributed by atoms with Crippen molar-refractivity contribution in [3.8, 4) is 0 Å². The van der Waals surface area contributed by atoms with Crippen LogP contribution in [-0.4, -0.2) is 39.8 Å². The number of piperidine rings is 1. The predicted octanol–water partition coefficient (Wildman–Crippen LogP) is 0.711. The predicted molar refractivity (Wildman–Crippen MR) is 95.8 cm³/mol. The number of amides is 1.